The Hall–Kier alpha value is -7.29. The van der Waals surface area contributed by atoms with Gasteiger partial charge in [0.2, 0.25) is 0 Å². The van der Waals surface area contributed by atoms with Gasteiger partial charge in [-0.2, -0.15) is 0 Å². The molecule has 0 saturated heterocycles. The van der Waals surface area contributed by atoms with Gasteiger partial charge < -0.3 is 9.13 Å². The molecule has 0 fully saturated rings. The molecule has 5 heteroatoms. The largest absolute Gasteiger partial charge is 0.309 e. The molecule has 10 rings (SSSR count). The van der Waals surface area contributed by atoms with Crippen LogP contribution in [0.1, 0.15) is 0 Å². The molecule has 52 heavy (non-hydrogen) atoms. The predicted molar refractivity (Wildman–Crippen MR) is 213 cm³/mol. The quantitative estimate of drug-likeness (QED) is 0.172. The van der Waals surface area contributed by atoms with Crippen molar-refractivity contribution in [3.8, 4) is 45.3 Å². The van der Waals surface area contributed by atoms with Gasteiger partial charge in [-0.1, -0.05) is 133 Å². The van der Waals surface area contributed by atoms with Gasteiger partial charge in [0, 0.05) is 43.9 Å². The SMILES string of the molecule is [C-]#[N+]c1ccc(-c2nc(-c3ccccc3)cc(-c3ccccc3-n3c4ccccc4c4ccc5c(c6ccccc6n5-c5ccccc5)c43)n2)cc1. The van der Waals surface area contributed by atoms with Crippen molar-refractivity contribution < 1.29 is 0 Å². The highest BCUT2D eigenvalue weighted by molar-refractivity contribution is 6.26. The van der Waals surface area contributed by atoms with Crippen molar-refractivity contribution in [3.63, 3.8) is 0 Å². The van der Waals surface area contributed by atoms with Crippen LogP contribution < -0.4 is 0 Å². The Morgan fingerprint density at radius 2 is 1.10 bits per heavy atom. The summed E-state index contributed by atoms with van der Waals surface area (Å²) in [5.41, 5.74) is 11.9. The van der Waals surface area contributed by atoms with Crippen LogP contribution in [0.4, 0.5) is 5.69 Å². The van der Waals surface area contributed by atoms with Gasteiger partial charge in [-0.3, -0.25) is 0 Å². The van der Waals surface area contributed by atoms with E-state index in [1.807, 2.05) is 42.5 Å². The van der Waals surface area contributed by atoms with Crippen molar-refractivity contribution in [1.29, 1.82) is 0 Å². The Morgan fingerprint density at radius 1 is 0.462 bits per heavy atom. The number of hydrogen-bond donors (Lipinski definition) is 0. The van der Waals surface area contributed by atoms with Crippen LogP contribution in [0.3, 0.4) is 0 Å². The molecule has 10 aromatic rings. The summed E-state index contributed by atoms with van der Waals surface area (Å²) >= 11 is 0. The van der Waals surface area contributed by atoms with Crippen molar-refractivity contribution >= 4 is 49.3 Å². The second-order valence-corrected chi connectivity index (χ2v) is 12.9. The zero-order valence-electron chi connectivity index (χ0n) is 28.0. The summed E-state index contributed by atoms with van der Waals surface area (Å²) in [6, 6.07) is 60.9. The van der Waals surface area contributed by atoms with Gasteiger partial charge in [0.15, 0.2) is 11.5 Å². The summed E-state index contributed by atoms with van der Waals surface area (Å²) < 4.78 is 4.80. The lowest BCUT2D eigenvalue weighted by atomic mass is 10.0. The minimum Gasteiger partial charge on any atom is -0.309 e. The van der Waals surface area contributed by atoms with E-state index in [2.05, 4.69) is 147 Å². The summed E-state index contributed by atoms with van der Waals surface area (Å²) in [5.74, 6) is 0.609. The van der Waals surface area contributed by atoms with E-state index < -0.39 is 0 Å². The summed E-state index contributed by atoms with van der Waals surface area (Å²) in [6.07, 6.45) is 0. The molecule has 7 aromatic carbocycles. The number of aromatic nitrogens is 4. The second-order valence-electron chi connectivity index (χ2n) is 12.9. The zero-order valence-corrected chi connectivity index (χ0v) is 28.0. The fourth-order valence-electron chi connectivity index (χ4n) is 7.66. The van der Waals surface area contributed by atoms with Crippen LogP contribution in [0.2, 0.25) is 0 Å². The molecular formula is C47H29N5. The maximum absolute atomic E-state index is 7.45. The molecule has 0 N–H and O–H groups in total. The Labute approximate surface area is 300 Å². The molecule has 3 aromatic heterocycles. The standard InChI is InChI=1S/C47H29N5/c1-48-33-26-24-32(25-27-33)47-49-39(31-14-4-2-5-15-31)30-40(50-47)37-19-9-12-22-42(37)52-41-21-11-8-18-35(41)36-28-29-44-45(46(36)52)38-20-10-13-23-43(38)51(44)34-16-6-3-7-17-34/h2-30H. The molecule has 3 heterocycles. The van der Waals surface area contributed by atoms with E-state index >= 15 is 0 Å². The average molecular weight is 664 g/mol. The number of benzene rings is 7. The zero-order chi connectivity index (χ0) is 34.6. The first kappa shape index (κ1) is 29.6. The molecule has 0 bridgehead atoms. The number of nitrogens with zero attached hydrogens (tertiary/aromatic N) is 5. The van der Waals surface area contributed by atoms with E-state index in [4.69, 9.17) is 16.5 Å². The van der Waals surface area contributed by atoms with Crippen molar-refractivity contribution in [1.82, 2.24) is 19.1 Å². The topological polar surface area (TPSA) is 40.0 Å². The predicted octanol–water partition coefficient (Wildman–Crippen LogP) is 12.2. The average Bonchev–Trinajstić information content (AvgIpc) is 3.74. The molecular weight excluding hydrogens is 635 g/mol. The van der Waals surface area contributed by atoms with Crippen molar-refractivity contribution in [2.45, 2.75) is 0 Å². The summed E-state index contributed by atoms with van der Waals surface area (Å²) in [4.78, 5) is 13.9. The minimum absolute atomic E-state index is 0.583. The Balaban J connectivity index is 1.30. The number of rotatable bonds is 5. The lowest BCUT2D eigenvalue weighted by molar-refractivity contribution is 1.15. The van der Waals surface area contributed by atoms with E-state index in [0.29, 0.717) is 11.5 Å². The van der Waals surface area contributed by atoms with Crippen molar-refractivity contribution in [2.24, 2.45) is 0 Å². The Morgan fingerprint density at radius 3 is 1.87 bits per heavy atom. The summed E-state index contributed by atoms with van der Waals surface area (Å²) in [6.45, 7) is 7.45. The lowest BCUT2D eigenvalue weighted by Gasteiger charge is -2.16. The molecule has 0 spiro atoms. The van der Waals surface area contributed by atoms with E-state index in [1.54, 1.807) is 0 Å². The van der Waals surface area contributed by atoms with Crippen LogP contribution in [0.15, 0.2) is 176 Å². The highest BCUT2D eigenvalue weighted by Crippen LogP contribution is 2.43. The molecule has 0 aliphatic carbocycles. The highest BCUT2D eigenvalue weighted by atomic mass is 15.0. The van der Waals surface area contributed by atoms with Crippen LogP contribution in [-0.2, 0) is 0 Å². The van der Waals surface area contributed by atoms with E-state index in [9.17, 15) is 0 Å². The maximum Gasteiger partial charge on any atom is 0.187 e. The van der Waals surface area contributed by atoms with E-state index in [0.717, 1.165) is 56.0 Å². The first-order valence-corrected chi connectivity index (χ1v) is 17.3. The molecule has 0 saturated carbocycles. The van der Waals surface area contributed by atoms with Crippen LogP contribution in [0.5, 0.6) is 0 Å². The van der Waals surface area contributed by atoms with Crippen LogP contribution >= 0.6 is 0 Å². The fraction of sp³-hybridized carbons (Fsp3) is 0. The van der Waals surface area contributed by atoms with Gasteiger partial charge >= 0.3 is 0 Å². The van der Waals surface area contributed by atoms with Gasteiger partial charge in [0.25, 0.3) is 0 Å². The fourth-order valence-corrected chi connectivity index (χ4v) is 7.66. The van der Waals surface area contributed by atoms with Crippen LogP contribution in [0, 0.1) is 6.57 Å². The van der Waals surface area contributed by atoms with Gasteiger partial charge in [-0.05, 0) is 42.5 Å². The molecule has 0 aliphatic heterocycles. The lowest BCUT2D eigenvalue weighted by Crippen LogP contribution is -2.01. The Kier molecular flexibility index (Phi) is 6.80. The van der Waals surface area contributed by atoms with Crippen molar-refractivity contribution in [3.05, 3.63) is 187 Å². The number of para-hydroxylation sites is 4. The third-order valence-corrected chi connectivity index (χ3v) is 9.96. The molecule has 5 nitrogen and oxygen atoms in total. The first-order valence-electron chi connectivity index (χ1n) is 17.3. The van der Waals surface area contributed by atoms with Gasteiger partial charge in [0.1, 0.15) is 0 Å². The summed E-state index contributed by atoms with van der Waals surface area (Å²) in [5, 5.41) is 4.80. The molecule has 0 aliphatic rings. The molecule has 0 atom stereocenters. The highest BCUT2D eigenvalue weighted by Gasteiger charge is 2.22. The minimum atomic E-state index is 0.583. The summed E-state index contributed by atoms with van der Waals surface area (Å²) in [7, 11) is 0. The maximum atomic E-state index is 7.45. The van der Waals surface area contributed by atoms with Gasteiger partial charge in [-0.15, -0.1) is 0 Å². The Bertz CT molecular complexity index is 3000. The van der Waals surface area contributed by atoms with Crippen LogP contribution in [-0.4, -0.2) is 19.1 Å². The van der Waals surface area contributed by atoms with E-state index in [1.165, 1.54) is 27.1 Å². The van der Waals surface area contributed by atoms with E-state index in [-0.39, 0.29) is 0 Å². The van der Waals surface area contributed by atoms with Crippen molar-refractivity contribution in [2.75, 3.05) is 0 Å². The number of fused-ring (bicyclic) bond motifs is 7. The molecule has 242 valence electrons. The first-order chi connectivity index (χ1) is 25.8. The van der Waals surface area contributed by atoms with Gasteiger partial charge in [0.05, 0.1) is 45.7 Å². The monoisotopic (exact) mass is 663 g/mol. The second kappa shape index (κ2) is 11.9. The molecule has 0 amide bonds. The molecule has 0 radical (unpaired) electrons. The normalized spacial score (nSPS) is 11.4. The number of hydrogen-bond acceptors (Lipinski definition) is 2. The van der Waals surface area contributed by atoms with Crippen LogP contribution in [0.25, 0.3) is 93.7 Å². The smallest absolute Gasteiger partial charge is 0.187 e. The third-order valence-electron chi connectivity index (χ3n) is 9.96. The third kappa shape index (κ3) is 4.63. The molecule has 0 unspecified atom stereocenters. The van der Waals surface area contributed by atoms with Gasteiger partial charge in [-0.25, -0.2) is 14.8 Å².